The van der Waals surface area contributed by atoms with Crippen molar-refractivity contribution in [3.8, 4) is 0 Å². The highest BCUT2D eigenvalue weighted by molar-refractivity contribution is 5.85. The first kappa shape index (κ1) is 14.7. The Morgan fingerprint density at radius 2 is 2.12 bits per heavy atom. The van der Waals surface area contributed by atoms with E-state index in [1.54, 1.807) is 0 Å². The summed E-state index contributed by atoms with van der Waals surface area (Å²) in [6.07, 6.45) is 4.88. The molecule has 0 aromatic carbocycles. The van der Waals surface area contributed by atoms with Crippen LogP contribution < -0.4 is 10.6 Å². The molecule has 0 bridgehead atoms. The van der Waals surface area contributed by atoms with E-state index in [0.717, 1.165) is 19.6 Å². The Kier molecular flexibility index (Phi) is 6.23. The lowest BCUT2D eigenvalue weighted by Gasteiger charge is -2.33. The minimum Gasteiger partial charge on any atom is -0.352 e. The van der Waals surface area contributed by atoms with Crippen molar-refractivity contribution >= 4 is 18.3 Å². The molecule has 1 heterocycles. The van der Waals surface area contributed by atoms with Crippen LogP contribution in [-0.4, -0.2) is 49.1 Å². The van der Waals surface area contributed by atoms with Crippen molar-refractivity contribution in [2.75, 3.05) is 26.2 Å². The van der Waals surface area contributed by atoms with Crippen molar-refractivity contribution in [1.82, 2.24) is 15.5 Å². The molecule has 100 valence electrons. The van der Waals surface area contributed by atoms with Gasteiger partial charge in [-0.15, -0.1) is 12.4 Å². The molecule has 2 fully saturated rings. The summed E-state index contributed by atoms with van der Waals surface area (Å²) >= 11 is 0. The van der Waals surface area contributed by atoms with Gasteiger partial charge in [0.15, 0.2) is 0 Å². The topological polar surface area (TPSA) is 44.4 Å². The molecule has 2 aliphatic rings. The Morgan fingerprint density at radius 1 is 1.41 bits per heavy atom. The molecule has 0 aromatic heterocycles. The smallest absolute Gasteiger partial charge is 0.234 e. The van der Waals surface area contributed by atoms with E-state index in [-0.39, 0.29) is 18.3 Å². The highest BCUT2D eigenvalue weighted by Gasteiger charge is 2.22. The highest BCUT2D eigenvalue weighted by Crippen LogP contribution is 2.17. The van der Waals surface area contributed by atoms with Crippen LogP contribution in [0.4, 0.5) is 0 Å². The van der Waals surface area contributed by atoms with Gasteiger partial charge in [-0.05, 0) is 19.8 Å². The normalized spacial score (nSPS) is 26.5. The van der Waals surface area contributed by atoms with E-state index in [2.05, 4.69) is 22.5 Å². The highest BCUT2D eigenvalue weighted by atomic mass is 35.5. The maximum atomic E-state index is 11.8. The van der Waals surface area contributed by atoms with Crippen molar-refractivity contribution in [1.29, 1.82) is 0 Å². The number of amides is 1. The molecule has 1 aliphatic heterocycles. The number of piperazine rings is 1. The average molecular weight is 262 g/mol. The lowest BCUT2D eigenvalue weighted by Crippen LogP contribution is -2.53. The van der Waals surface area contributed by atoms with Crippen LogP contribution in [0.3, 0.4) is 0 Å². The van der Waals surface area contributed by atoms with Crippen LogP contribution in [0.25, 0.3) is 0 Å². The maximum absolute atomic E-state index is 11.8. The van der Waals surface area contributed by atoms with Crippen molar-refractivity contribution in [2.24, 2.45) is 0 Å². The van der Waals surface area contributed by atoms with E-state index < -0.39 is 0 Å². The molecule has 0 unspecified atom stereocenters. The number of nitrogens with zero attached hydrogens (tertiary/aromatic N) is 1. The van der Waals surface area contributed by atoms with Gasteiger partial charge in [0, 0.05) is 31.7 Å². The molecule has 4 nitrogen and oxygen atoms in total. The number of hydrogen-bond donors (Lipinski definition) is 2. The monoisotopic (exact) mass is 261 g/mol. The summed E-state index contributed by atoms with van der Waals surface area (Å²) in [4.78, 5) is 14.1. The van der Waals surface area contributed by atoms with Gasteiger partial charge >= 0.3 is 0 Å². The average Bonchev–Trinajstić information content (AvgIpc) is 2.74. The zero-order valence-electron chi connectivity index (χ0n) is 10.6. The predicted molar refractivity (Wildman–Crippen MR) is 71.6 cm³/mol. The molecule has 1 amide bonds. The summed E-state index contributed by atoms with van der Waals surface area (Å²) in [5, 5.41) is 6.48. The fourth-order valence-electron chi connectivity index (χ4n) is 2.65. The third kappa shape index (κ3) is 4.45. The van der Waals surface area contributed by atoms with Gasteiger partial charge in [-0.1, -0.05) is 12.8 Å². The second-order valence-electron chi connectivity index (χ2n) is 5.07. The Morgan fingerprint density at radius 3 is 2.76 bits per heavy atom. The van der Waals surface area contributed by atoms with Crippen LogP contribution in [0.2, 0.25) is 0 Å². The summed E-state index contributed by atoms with van der Waals surface area (Å²) in [6.45, 7) is 5.73. The van der Waals surface area contributed by atoms with Gasteiger partial charge in [-0.2, -0.15) is 0 Å². The number of rotatable bonds is 3. The first-order valence-corrected chi connectivity index (χ1v) is 6.50. The standard InChI is InChI=1S/C12H23N3O.ClH/c1-10-8-13-6-7-15(10)9-12(16)14-11-4-2-3-5-11;/h10-11,13H,2-9H2,1H3,(H,14,16);1H/t10-;/m0./s1. The minimum absolute atomic E-state index is 0. The van der Waals surface area contributed by atoms with Crippen molar-refractivity contribution < 1.29 is 4.79 Å². The van der Waals surface area contributed by atoms with Gasteiger partial charge in [0.1, 0.15) is 0 Å². The summed E-state index contributed by atoms with van der Waals surface area (Å²) in [7, 11) is 0. The first-order valence-electron chi connectivity index (χ1n) is 6.50. The zero-order chi connectivity index (χ0) is 11.4. The number of halogens is 1. The van der Waals surface area contributed by atoms with E-state index in [9.17, 15) is 4.79 Å². The number of carbonyl (C=O) groups is 1. The molecule has 1 atom stereocenters. The molecule has 1 saturated carbocycles. The van der Waals surface area contributed by atoms with Gasteiger partial charge < -0.3 is 10.6 Å². The van der Waals surface area contributed by atoms with Gasteiger partial charge in [-0.25, -0.2) is 0 Å². The minimum atomic E-state index is 0. The summed E-state index contributed by atoms with van der Waals surface area (Å²) in [5.41, 5.74) is 0. The van der Waals surface area contributed by atoms with Crippen molar-refractivity contribution in [3.05, 3.63) is 0 Å². The van der Waals surface area contributed by atoms with E-state index >= 15 is 0 Å². The molecule has 1 aliphatic carbocycles. The first-order chi connectivity index (χ1) is 7.75. The lowest BCUT2D eigenvalue weighted by molar-refractivity contribution is -0.123. The molecule has 0 spiro atoms. The summed E-state index contributed by atoms with van der Waals surface area (Å²) in [6, 6.07) is 0.925. The fourth-order valence-corrected chi connectivity index (χ4v) is 2.65. The van der Waals surface area contributed by atoms with Gasteiger partial charge in [0.25, 0.3) is 0 Å². The van der Waals surface area contributed by atoms with Crippen LogP contribution in [0, 0.1) is 0 Å². The second-order valence-corrected chi connectivity index (χ2v) is 5.07. The quantitative estimate of drug-likeness (QED) is 0.789. The van der Waals surface area contributed by atoms with Gasteiger partial charge in [-0.3, -0.25) is 9.69 Å². The summed E-state index contributed by atoms with van der Waals surface area (Å²) in [5.74, 6) is 0.209. The molecule has 0 radical (unpaired) electrons. The van der Waals surface area contributed by atoms with Crippen LogP contribution in [-0.2, 0) is 4.79 Å². The van der Waals surface area contributed by atoms with Crippen molar-refractivity contribution in [2.45, 2.75) is 44.7 Å². The van der Waals surface area contributed by atoms with E-state index in [4.69, 9.17) is 0 Å². The number of carbonyl (C=O) groups excluding carboxylic acids is 1. The molecule has 2 rings (SSSR count). The Balaban J connectivity index is 0.00000144. The van der Waals surface area contributed by atoms with Crippen LogP contribution in [0.5, 0.6) is 0 Å². The SMILES string of the molecule is C[C@H]1CNCCN1CC(=O)NC1CCCC1.Cl. The third-order valence-electron chi connectivity index (χ3n) is 3.71. The van der Waals surface area contributed by atoms with E-state index in [1.165, 1.54) is 25.7 Å². The number of nitrogens with one attached hydrogen (secondary N) is 2. The fraction of sp³-hybridized carbons (Fsp3) is 0.917. The van der Waals surface area contributed by atoms with Crippen LogP contribution in [0.1, 0.15) is 32.6 Å². The zero-order valence-corrected chi connectivity index (χ0v) is 11.4. The maximum Gasteiger partial charge on any atom is 0.234 e. The largest absolute Gasteiger partial charge is 0.352 e. The molecule has 17 heavy (non-hydrogen) atoms. The van der Waals surface area contributed by atoms with Crippen LogP contribution in [0.15, 0.2) is 0 Å². The number of hydrogen-bond acceptors (Lipinski definition) is 3. The van der Waals surface area contributed by atoms with Crippen molar-refractivity contribution in [3.63, 3.8) is 0 Å². The van der Waals surface area contributed by atoms with Crippen LogP contribution >= 0.6 is 12.4 Å². The van der Waals surface area contributed by atoms with Gasteiger partial charge in [0.05, 0.1) is 6.54 Å². The lowest BCUT2D eigenvalue weighted by atomic mass is 10.2. The Hall–Kier alpha value is -0.320. The Labute approximate surface area is 110 Å². The molecule has 5 heteroatoms. The van der Waals surface area contributed by atoms with Gasteiger partial charge in [0.2, 0.25) is 5.91 Å². The Bertz CT molecular complexity index is 244. The second kappa shape index (κ2) is 7.19. The molecular formula is C12H24ClN3O. The third-order valence-corrected chi connectivity index (χ3v) is 3.71. The molecule has 1 saturated heterocycles. The molecular weight excluding hydrogens is 238 g/mol. The van der Waals surface area contributed by atoms with E-state index in [0.29, 0.717) is 18.6 Å². The molecule has 0 aromatic rings. The summed E-state index contributed by atoms with van der Waals surface area (Å²) < 4.78 is 0. The predicted octanol–water partition coefficient (Wildman–Crippen LogP) is 0.761. The van der Waals surface area contributed by atoms with E-state index in [1.807, 2.05) is 0 Å². The molecule has 2 N–H and O–H groups in total.